The van der Waals surface area contributed by atoms with Crippen molar-refractivity contribution in [3.63, 3.8) is 0 Å². The van der Waals surface area contributed by atoms with Gasteiger partial charge in [0, 0.05) is 6.42 Å². The zero-order chi connectivity index (χ0) is 10.3. The normalized spacial score (nSPS) is 14.5. The van der Waals surface area contributed by atoms with E-state index in [-0.39, 0.29) is 0 Å². The average Bonchev–Trinajstić information content (AvgIpc) is 2.30. The molecular weight excluding hydrogens is 184 g/mol. The number of benzene rings is 2. The Labute approximate surface area is 89.0 Å². The third kappa shape index (κ3) is 1.28. The van der Waals surface area contributed by atoms with Gasteiger partial charge in [0.05, 0.1) is 0 Å². The van der Waals surface area contributed by atoms with Crippen LogP contribution in [0, 0.1) is 6.42 Å². The van der Waals surface area contributed by atoms with Gasteiger partial charge in [0.1, 0.15) is 6.10 Å². The van der Waals surface area contributed by atoms with Gasteiger partial charge in [-0.1, -0.05) is 48.5 Å². The Morgan fingerprint density at radius 2 is 1.20 bits per heavy atom. The molecule has 73 valence electrons. The smallest absolute Gasteiger partial charge is 0.105 e. The molecule has 1 N–H and O–H groups in total. The molecule has 15 heavy (non-hydrogen) atoms. The molecule has 0 saturated carbocycles. The van der Waals surface area contributed by atoms with Crippen LogP contribution in [0.3, 0.4) is 0 Å². The minimum Gasteiger partial charge on any atom is -0.384 e. The maximum Gasteiger partial charge on any atom is 0.105 e. The molecule has 1 heteroatoms. The summed E-state index contributed by atoms with van der Waals surface area (Å²) in [4.78, 5) is 0. The topological polar surface area (TPSA) is 20.2 Å². The van der Waals surface area contributed by atoms with Crippen molar-refractivity contribution in [3.05, 3.63) is 77.2 Å². The number of hydrogen-bond donors (Lipinski definition) is 1. The average molecular weight is 195 g/mol. The van der Waals surface area contributed by atoms with E-state index in [9.17, 15) is 5.11 Å². The first-order valence-corrected chi connectivity index (χ1v) is 5.07. The summed E-state index contributed by atoms with van der Waals surface area (Å²) in [6, 6.07) is 15.9. The molecule has 0 fully saturated rings. The second-order valence-electron chi connectivity index (χ2n) is 3.80. The van der Waals surface area contributed by atoms with Crippen LogP contribution >= 0.6 is 0 Å². The molecule has 2 aromatic rings. The highest BCUT2D eigenvalue weighted by Crippen LogP contribution is 2.35. The van der Waals surface area contributed by atoms with Gasteiger partial charge in [-0.3, -0.25) is 0 Å². The summed E-state index contributed by atoms with van der Waals surface area (Å²) in [6.07, 6.45) is 1.64. The van der Waals surface area contributed by atoms with Gasteiger partial charge in [-0.15, -0.1) is 0 Å². The van der Waals surface area contributed by atoms with Crippen molar-refractivity contribution in [2.75, 3.05) is 0 Å². The number of aliphatic hydroxyl groups excluding tert-OH is 1. The minimum absolute atomic E-state index is 0.484. The van der Waals surface area contributed by atoms with Crippen LogP contribution in [0.1, 0.15) is 28.4 Å². The molecule has 0 bridgehead atoms. The van der Waals surface area contributed by atoms with E-state index in [0.29, 0.717) is 0 Å². The summed E-state index contributed by atoms with van der Waals surface area (Å²) < 4.78 is 0. The zero-order valence-corrected chi connectivity index (χ0v) is 8.22. The molecule has 0 saturated heterocycles. The van der Waals surface area contributed by atoms with E-state index in [4.69, 9.17) is 0 Å². The molecule has 1 aliphatic rings. The highest BCUT2D eigenvalue weighted by molar-refractivity contribution is 5.54. The van der Waals surface area contributed by atoms with Crippen molar-refractivity contribution >= 4 is 0 Å². The Hall–Kier alpha value is -1.60. The van der Waals surface area contributed by atoms with Crippen LogP contribution in [0.5, 0.6) is 0 Å². The summed E-state index contributed by atoms with van der Waals surface area (Å²) in [5, 5.41) is 10.2. The third-order valence-electron chi connectivity index (χ3n) is 2.89. The SMILES string of the molecule is OC1c2ccccc2[CH]c2ccccc21. The fraction of sp³-hybridized carbons (Fsp3) is 0.0714. The second-order valence-corrected chi connectivity index (χ2v) is 3.80. The van der Waals surface area contributed by atoms with Crippen molar-refractivity contribution < 1.29 is 5.11 Å². The lowest BCUT2D eigenvalue weighted by Crippen LogP contribution is -2.11. The van der Waals surface area contributed by atoms with Crippen LogP contribution in [-0.2, 0) is 0 Å². The van der Waals surface area contributed by atoms with Crippen molar-refractivity contribution in [3.8, 4) is 0 Å². The lowest BCUT2D eigenvalue weighted by molar-refractivity contribution is 0.217. The van der Waals surface area contributed by atoms with Crippen LogP contribution in [0.2, 0.25) is 0 Å². The summed E-state index contributed by atoms with van der Waals surface area (Å²) in [7, 11) is 0. The highest BCUT2D eigenvalue weighted by atomic mass is 16.3. The number of aliphatic hydroxyl groups is 1. The van der Waals surface area contributed by atoms with E-state index < -0.39 is 6.10 Å². The Bertz CT molecular complexity index is 457. The van der Waals surface area contributed by atoms with E-state index in [0.717, 1.165) is 22.3 Å². The summed E-state index contributed by atoms with van der Waals surface area (Å²) >= 11 is 0. The largest absolute Gasteiger partial charge is 0.384 e. The van der Waals surface area contributed by atoms with E-state index in [1.54, 1.807) is 0 Å². The zero-order valence-electron chi connectivity index (χ0n) is 8.22. The van der Waals surface area contributed by atoms with Gasteiger partial charge < -0.3 is 5.11 Å². The van der Waals surface area contributed by atoms with Gasteiger partial charge in [-0.05, 0) is 22.3 Å². The van der Waals surface area contributed by atoms with Crippen LogP contribution in [0.25, 0.3) is 0 Å². The predicted molar refractivity (Wildman–Crippen MR) is 59.4 cm³/mol. The molecule has 0 heterocycles. The molecule has 0 spiro atoms. The van der Waals surface area contributed by atoms with Crippen LogP contribution < -0.4 is 0 Å². The third-order valence-corrected chi connectivity index (χ3v) is 2.89. The molecule has 0 atom stereocenters. The van der Waals surface area contributed by atoms with Crippen molar-refractivity contribution in [2.45, 2.75) is 6.10 Å². The number of fused-ring (bicyclic) bond motifs is 2. The Morgan fingerprint density at radius 3 is 1.73 bits per heavy atom. The van der Waals surface area contributed by atoms with Crippen molar-refractivity contribution in [1.29, 1.82) is 0 Å². The van der Waals surface area contributed by atoms with Gasteiger partial charge in [0.25, 0.3) is 0 Å². The van der Waals surface area contributed by atoms with Gasteiger partial charge in [-0.2, -0.15) is 0 Å². The standard InChI is InChI=1S/C14H11O/c15-14-12-7-3-1-5-10(12)9-11-6-2-4-8-13(11)14/h1-9,14-15H. The molecule has 0 unspecified atom stereocenters. The van der Waals surface area contributed by atoms with E-state index in [1.165, 1.54) is 0 Å². The number of hydrogen-bond acceptors (Lipinski definition) is 1. The van der Waals surface area contributed by atoms with E-state index in [2.05, 4.69) is 6.42 Å². The first kappa shape index (κ1) is 8.69. The lowest BCUT2D eigenvalue weighted by atomic mass is 9.84. The monoisotopic (exact) mass is 195 g/mol. The second kappa shape index (κ2) is 3.21. The Morgan fingerprint density at radius 1 is 0.733 bits per heavy atom. The van der Waals surface area contributed by atoms with Gasteiger partial charge in [0.15, 0.2) is 0 Å². The van der Waals surface area contributed by atoms with Crippen LogP contribution in [0.4, 0.5) is 0 Å². The summed E-state index contributed by atoms with van der Waals surface area (Å²) in [5.74, 6) is 0. The molecule has 3 rings (SSSR count). The minimum atomic E-state index is -0.484. The molecule has 1 aliphatic carbocycles. The summed E-state index contributed by atoms with van der Waals surface area (Å²) in [5.41, 5.74) is 4.22. The fourth-order valence-electron chi connectivity index (χ4n) is 2.12. The summed E-state index contributed by atoms with van der Waals surface area (Å²) in [6.45, 7) is 0. The molecule has 0 amide bonds. The first-order chi connectivity index (χ1) is 7.36. The van der Waals surface area contributed by atoms with Crippen LogP contribution in [0.15, 0.2) is 48.5 Å². The molecule has 0 aliphatic heterocycles. The molecular formula is C14H11O. The van der Waals surface area contributed by atoms with Crippen LogP contribution in [-0.4, -0.2) is 5.11 Å². The molecule has 0 aromatic heterocycles. The van der Waals surface area contributed by atoms with Gasteiger partial charge >= 0.3 is 0 Å². The van der Waals surface area contributed by atoms with Gasteiger partial charge in [-0.25, -0.2) is 0 Å². The van der Waals surface area contributed by atoms with E-state index >= 15 is 0 Å². The van der Waals surface area contributed by atoms with Crippen molar-refractivity contribution in [2.24, 2.45) is 0 Å². The highest BCUT2D eigenvalue weighted by Gasteiger charge is 2.22. The Balaban J connectivity index is 2.20. The first-order valence-electron chi connectivity index (χ1n) is 5.07. The maximum absolute atomic E-state index is 10.2. The molecule has 2 aromatic carbocycles. The fourth-order valence-corrected chi connectivity index (χ4v) is 2.12. The van der Waals surface area contributed by atoms with Gasteiger partial charge in [0.2, 0.25) is 0 Å². The van der Waals surface area contributed by atoms with E-state index in [1.807, 2.05) is 48.5 Å². The van der Waals surface area contributed by atoms with Crippen molar-refractivity contribution in [1.82, 2.24) is 0 Å². The number of rotatable bonds is 0. The molecule has 1 nitrogen and oxygen atoms in total. The lowest BCUT2D eigenvalue weighted by Gasteiger charge is -2.24. The quantitative estimate of drug-likeness (QED) is 0.685. The Kier molecular flexibility index (Phi) is 1.86. The predicted octanol–water partition coefficient (Wildman–Crippen LogP) is 2.68. The maximum atomic E-state index is 10.2. The molecule has 1 radical (unpaired) electrons.